The molecule has 112 valence electrons. The van der Waals surface area contributed by atoms with E-state index in [9.17, 15) is 19.2 Å². The molecule has 1 aromatic rings. The van der Waals surface area contributed by atoms with E-state index in [1.54, 1.807) is 0 Å². The number of carbonyl (C=O) groups is 3. The fraction of sp³-hybridized carbons (Fsp3) is 0.455. The predicted octanol–water partition coefficient (Wildman–Crippen LogP) is -1.56. The summed E-state index contributed by atoms with van der Waals surface area (Å²) in [5, 5.41) is 16.0. The van der Waals surface area contributed by atoms with Crippen molar-refractivity contribution in [2.24, 2.45) is 7.05 Å². The highest BCUT2D eigenvalue weighted by Gasteiger charge is 2.28. The molecule has 2 amide bonds. The molecule has 0 spiro atoms. The van der Waals surface area contributed by atoms with E-state index in [4.69, 9.17) is 5.11 Å². The van der Waals surface area contributed by atoms with E-state index in [-0.39, 0.29) is 43.2 Å². The van der Waals surface area contributed by atoms with Crippen LogP contribution in [0.2, 0.25) is 0 Å². The molecular weight excluding hydrogens is 282 g/mol. The SMILES string of the molecule is Cn1nnn(C=C(CCN2C(=O)CCC2=O)C(=O)O)c1=O. The minimum atomic E-state index is -1.26. The molecule has 0 aliphatic carbocycles. The Morgan fingerprint density at radius 2 is 1.86 bits per heavy atom. The van der Waals surface area contributed by atoms with E-state index >= 15 is 0 Å². The molecule has 21 heavy (non-hydrogen) atoms. The van der Waals surface area contributed by atoms with Crippen molar-refractivity contribution >= 4 is 24.0 Å². The van der Waals surface area contributed by atoms with Crippen molar-refractivity contribution in [3.05, 3.63) is 16.1 Å². The summed E-state index contributed by atoms with van der Waals surface area (Å²) in [5.41, 5.74) is -0.743. The molecule has 2 heterocycles. The average Bonchev–Trinajstić information content (AvgIpc) is 2.91. The number of carbonyl (C=O) groups excluding carboxylic acids is 2. The van der Waals surface area contributed by atoms with Crippen LogP contribution < -0.4 is 5.69 Å². The number of nitrogens with zero attached hydrogens (tertiary/aromatic N) is 5. The van der Waals surface area contributed by atoms with Crippen molar-refractivity contribution in [2.75, 3.05) is 6.54 Å². The highest BCUT2D eigenvalue weighted by atomic mass is 16.4. The molecule has 2 rings (SSSR count). The second-order valence-corrected chi connectivity index (χ2v) is 4.48. The predicted molar refractivity (Wildman–Crippen MR) is 67.7 cm³/mol. The lowest BCUT2D eigenvalue weighted by atomic mass is 10.2. The number of imide groups is 1. The maximum absolute atomic E-state index is 11.5. The van der Waals surface area contributed by atoms with Crippen molar-refractivity contribution in [3.63, 3.8) is 0 Å². The van der Waals surface area contributed by atoms with Crippen molar-refractivity contribution in [1.29, 1.82) is 0 Å². The topological polar surface area (TPSA) is 127 Å². The van der Waals surface area contributed by atoms with Crippen LogP contribution in [-0.4, -0.2) is 54.1 Å². The van der Waals surface area contributed by atoms with Crippen molar-refractivity contribution in [1.82, 2.24) is 24.7 Å². The molecule has 0 bridgehead atoms. The first-order valence-electron chi connectivity index (χ1n) is 6.16. The van der Waals surface area contributed by atoms with Crippen molar-refractivity contribution < 1.29 is 19.5 Å². The van der Waals surface area contributed by atoms with Crippen LogP contribution in [0.4, 0.5) is 0 Å². The normalized spacial score (nSPS) is 15.9. The van der Waals surface area contributed by atoms with Gasteiger partial charge in [-0.2, -0.15) is 9.36 Å². The molecule has 1 aromatic heterocycles. The average molecular weight is 295 g/mol. The number of hydrogen-bond donors (Lipinski definition) is 1. The Morgan fingerprint density at radius 1 is 1.24 bits per heavy atom. The highest BCUT2D eigenvalue weighted by molar-refractivity contribution is 6.02. The van der Waals surface area contributed by atoms with Gasteiger partial charge in [-0.1, -0.05) is 0 Å². The number of likely N-dealkylation sites (tertiary alicyclic amines) is 1. The fourth-order valence-electron chi connectivity index (χ4n) is 1.89. The summed E-state index contributed by atoms with van der Waals surface area (Å²) in [6.07, 6.45) is 1.25. The van der Waals surface area contributed by atoms with E-state index in [1.807, 2.05) is 0 Å². The maximum atomic E-state index is 11.5. The van der Waals surface area contributed by atoms with E-state index in [0.717, 1.165) is 20.5 Å². The van der Waals surface area contributed by atoms with Crippen LogP contribution in [0.25, 0.3) is 6.20 Å². The number of tetrazole rings is 1. The lowest BCUT2D eigenvalue weighted by molar-refractivity contribution is -0.139. The Kier molecular flexibility index (Phi) is 3.96. The number of aliphatic carboxylic acids is 1. The van der Waals surface area contributed by atoms with Gasteiger partial charge < -0.3 is 5.11 Å². The summed E-state index contributed by atoms with van der Waals surface area (Å²) >= 11 is 0. The van der Waals surface area contributed by atoms with Crippen LogP contribution in [0.1, 0.15) is 19.3 Å². The summed E-state index contributed by atoms with van der Waals surface area (Å²) in [5.74, 6) is -1.89. The molecule has 0 unspecified atom stereocenters. The molecule has 1 aliphatic heterocycles. The zero-order chi connectivity index (χ0) is 15.6. The number of carboxylic acids is 1. The quantitative estimate of drug-likeness (QED) is 0.514. The third-order valence-electron chi connectivity index (χ3n) is 3.06. The first-order chi connectivity index (χ1) is 9.90. The van der Waals surface area contributed by atoms with Gasteiger partial charge in [0.25, 0.3) is 0 Å². The number of amides is 2. The van der Waals surface area contributed by atoms with Crippen LogP contribution in [0.5, 0.6) is 0 Å². The minimum Gasteiger partial charge on any atom is -0.478 e. The van der Waals surface area contributed by atoms with Crippen molar-refractivity contribution in [2.45, 2.75) is 19.3 Å². The second-order valence-electron chi connectivity index (χ2n) is 4.48. The van der Waals surface area contributed by atoms with Gasteiger partial charge in [-0.25, -0.2) is 9.59 Å². The van der Waals surface area contributed by atoms with Gasteiger partial charge in [0, 0.05) is 32.6 Å². The summed E-state index contributed by atoms with van der Waals surface area (Å²) in [6.45, 7) is -0.0369. The molecule has 0 atom stereocenters. The summed E-state index contributed by atoms with van der Waals surface area (Å²) in [7, 11) is 1.38. The van der Waals surface area contributed by atoms with Crippen LogP contribution in [0.3, 0.4) is 0 Å². The molecular formula is C11H13N5O5. The molecule has 1 N–H and O–H groups in total. The Morgan fingerprint density at radius 3 is 2.33 bits per heavy atom. The summed E-state index contributed by atoms with van der Waals surface area (Å²) < 4.78 is 1.74. The van der Waals surface area contributed by atoms with Crippen LogP contribution in [0, 0.1) is 0 Å². The zero-order valence-electron chi connectivity index (χ0n) is 11.2. The van der Waals surface area contributed by atoms with Gasteiger partial charge in [-0.05, 0) is 16.8 Å². The van der Waals surface area contributed by atoms with Gasteiger partial charge >= 0.3 is 11.7 Å². The number of hydrogen-bond acceptors (Lipinski definition) is 6. The maximum Gasteiger partial charge on any atom is 0.367 e. The fourth-order valence-corrected chi connectivity index (χ4v) is 1.89. The van der Waals surface area contributed by atoms with E-state index in [0.29, 0.717) is 0 Å². The molecule has 1 saturated heterocycles. The van der Waals surface area contributed by atoms with E-state index in [1.165, 1.54) is 7.05 Å². The standard InChI is InChI=1S/C11H13N5O5/c1-14-11(21)16(13-12-14)6-7(10(19)20)4-5-15-8(17)2-3-9(15)18/h6H,2-5H2,1H3,(H,19,20). The molecule has 10 nitrogen and oxygen atoms in total. The van der Waals surface area contributed by atoms with Gasteiger partial charge in [-0.3, -0.25) is 14.5 Å². The van der Waals surface area contributed by atoms with Crippen LogP contribution >= 0.6 is 0 Å². The Labute approximate surface area is 118 Å². The second kappa shape index (κ2) is 5.69. The Balaban J connectivity index is 2.15. The smallest absolute Gasteiger partial charge is 0.367 e. The van der Waals surface area contributed by atoms with Gasteiger partial charge in [0.05, 0.1) is 5.57 Å². The van der Waals surface area contributed by atoms with E-state index < -0.39 is 11.7 Å². The minimum absolute atomic E-state index is 0.0369. The molecule has 1 aliphatic rings. The van der Waals surface area contributed by atoms with Gasteiger partial charge in [-0.15, -0.1) is 0 Å². The number of rotatable bonds is 5. The summed E-state index contributed by atoms with van der Waals surface area (Å²) in [6, 6.07) is 0. The largest absolute Gasteiger partial charge is 0.478 e. The lowest BCUT2D eigenvalue weighted by Gasteiger charge is -2.13. The molecule has 0 saturated carbocycles. The molecule has 0 radical (unpaired) electrons. The number of carboxylic acid groups (broad SMARTS) is 1. The monoisotopic (exact) mass is 295 g/mol. The molecule has 10 heteroatoms. The number of aryl methyl sites for hydroxylation is 1. The highest BCUT2D eigenvalue weighted by Crippen LogP contribution is 2.14. The summed E-state index contributed by atoms with van der Waals surface area (Å²) in [4.78, 5) is 46.6. The molecule has 1 fully saturated rings. The number of aromatic nitrogens is 4. The third kappa shape index (κ3) is 3.04. The Hall–Kier alpha value is -2.78. The van der Waals surface area contributed by atoms with Crippen LogP contribution in [-0.2, 0) is 21.4 Å². The third-order valence-corrected chi connectivity index (χ3v) is 3.06. The van der Waals surface area contributed by atoms with Gasteiger partial charge in [0.2, 0.25) is 11.8 Å². The zero-order valence-corrected chi connectivity index (χ0v) is 11.2. The van der Waals surface area contributed by atoms with E-state index in [2.05, 4.69) is 10.4 Å². The first kappa shape index (κ1) is 14.6. The van der Waals surface area contributed by atoms with Crippen molar-refractivity contribution in [3.8, 4) is 0 Å². The molecule has 0 aromatic carbocycles. The first-order valence-corrected chi connectivity index (χ1v) is 6.16. The lowest BCUT2D eigenvalue weighted by Crippen LogP contribution is -2.31. The van der Waals surface area contributed by atoms with Crippen LogP contribution in [0.15, 0.2) is 10.4 Å². The Bertz CT molecular complexity index is 669. The van der Waals surface area contributed by atoms with Gasteiger partial charge in [0.15, 0.2) is 0 Å². The van der Waals surface area contributed by atoms with Gasteiger partial charge in [0.1, 0.15) is 0 Å².